The van der Waals surface area contributed by atoms with Gasteiger partial charge in [0.15, 0.2) is 0 Å². The molecule has 2 aromatic rings. The highest BCUT2D eigenvalue weighted by atomic mass is 16.5. The van der Waals surface area contributed by atoms with Gasteiger partial charge in [-0.05, 0) is 54.8 Å². The first-order valence-electron chi connectivity index (χ1n) is 8.36. The first-order valence-corrected chi connectivity index (χ1v) is 8.36. The van der Waals surface area contributed by atoms with Gasteiger partial charge in [0.25, 0.3) is 5.91 Å². The fourth-order valence-corrected chi connectivity index (χ4v) is 2.27. The molecule has 0 heterocycles. The summed E-state index contributed by atoms with van der Waals surface area (Å²) < 4.78 is 4.91. The van der Waals surface area contributed by atoms with E-state index in [0.717, 1.165) is 12.0 Å². The van der Waals surface area contributed by atoms with Crippen LogP contribution in [0.3, 0.4) is 0 Å². The number of carbonyl (C=O) groups is 2. The van der Waals surface area contributed by atoms with Gasteiger partial charge in [-0.1, -0.05) is 31.2 Å². The minimum Gasteiger partial charge on any atom is -0.462 e. The first kappa shape index (κ1) is 18.9. The number of hydrogen-bond donors (Lipinski definition) is 1. The Labute approximate surface area is 152 Å². The summed E-state index contributed by atoms with van der Waals surface area (Å²) in [5.74, 6) is -0.922. The van der Waals surface area contributed by atoms with Gasteiger partial charge in [0.1, 0.15) is 11.6 Å². The normalized spacial score (nSPS) is 10.7. The Morgan fingerprint density at radius 3 is 2.27 bits per heavy atom. The van der Waals surface area contributed by atoms with Crippen LogP contribution in [0.2, 0.25) is 0 Å². The van der Waals surface area contributed by atoms with Gasteiger partial charge in [0.05, 0.1) is 12.2 Å². The van der Waals surface area contributed by atoms with E-state index >= 15 is 0 Å². The van der Waals surface area contributed by atoms with E-state index in [2.05, 4.69) is 12.2 Å². The summed E-state index contributed by atoms with van der Waals surface area (Å²) in [5, 5.41) is 11.9. The van der Waals surface area contributed by atoms with Gasteiger partial charge in [0, 0.05) is 5.69 Å². The molecule has 132 valence electrons. The van der Waals surface area contributed by atoms with E-state index in [0.29, 0.717) is 17.9 Å². The first-order chi connectivity index (χ1) is 12.6. The zero-order chi connectivity index (χ0) is 18.9. The average Bonchev–Trinajstić information content (AvgIpc) is 2.67. The number of aryl methyl sites for hydroxylation is 1. The molecule has 1 amide bonds. The molecule has 5 heteroatoms. The van der Waals surface area contributed by atoms with Crippen molar-refractivity contribution >= 4 is 23.6 Å². The largest absolute Gasteiger partial charge is 0.462 e. The highest BCUT2D eigenvalue weighted by Gasteiger charge is 2.11. The summed E-state index contributed by atoms with van der Waals surface area (Å²) in [7, 11) is 0. The summed E-state index contributed by atoms with van der Waals surface area (Å²) in [6.07, 6.45) is 2.47. The number of carbonyl (C=O) groups excluding carboxylic acids is 2. The predicted molar refractivity (Wildman–Crippen MR) is 100 cm³/mol. The Bertz CT molecular complexity index is 844. The van der Waals surface area contributed by atoms with Crippen molar-refractivity contribution in [3.05, 3.63) is 70.8 Å². The second-order valence-corrected chi connectivity index (χ2v) is 5.52. The molecular formula is C21H20N2O3. The molecule has 0 spiro atoms. The van der Waals surface area contributed by atoms with Crippen molar-refractivity contribution in [1.82, 2.24) is 0 Å². The Balaban J connectivity index is 2.10. The average molecular weight is 348 g/mol. The van der Waals surface area contributed by atoms with E-state index in [-0.39, 0.29) is 5.57 Å². The number of ether oxygens (including phenoxy) is 1. The number of nitrogens with zero attached hydrogens (tertiary/aromatic N) is 1. The monoisotopic (exact) mass is 348 g/mol. The fourth-order valence-electron chi connectivity index (χ4n) is 2.27. The maximum atomic E-state index is 12.3. The molecule has 1 N–H and O–H groups in total. The van der Waals surface area contributed by atoms with E-state index in [1.807, 2.05) is 30.3 Å². The molecule has 26 heavy (non-hydrogen) atoms. The predicted octanol–water partition coefficient (Wildman–Crippen LogP) is 3.97. The second-order valence-electron chi connectivity index (χ2n) is 5.52. The van der Waals surface area contributed by atoms with Crippen LogP contribution in [0.25, 0.3) is 6.08 Å². The van der Waals surface area contributed by atoms with Crippen molar-refractivity contribution in [1.29, 1.82) is 5.26 Å². The zero-order valence-electron chi connectivity index (χ0n) is 14.8. The van der Waals surface area contributed by atoms with Crippen molar-refractivity contribution in [2.45, 2.75) is 20.3 Å². The van der Waals surface area contributed by atoms with Crippen LogP contribution >= 0.6 is 0 Å². The number of hydrogen-bond acceptors (Lipinski definition) is 4. The number of anilines is 1. The smallest absolute Gasteiger partial charge is 0.338 e. The van der Waals surface area contributed by atoms with Crippen LogP contribution in [0, 0.1) is 11.3 Å². The van der Waals surface area contributed by atoms with Crippen LogP contribution in [0.4, 0.5) is 5.69 Å². The molecule has 0 bridgehead atoms. The van der Waals surface area contributed by atoms with Crippen molar-refractivity contribution in [2.75, 3.05) is 11.9 Å². The van der Waals surface area contributed by atoms with E-state index < -0.39 is 11.9 Å². The maximum absolute atomic E-state index is 12.3. The van der Waals surface area contributed by atoms with Crippen molar-refractivity contribution < 1.29 is 14.3 Å². The highest BCUT2D eigenvalue weighted by Crippen LogP contribution is 2.14. The van der Waals surface area contributed by atoms with Gasteiger partial charge in [0.2, 0.25) is 0 Å². The summed E-state index contributed by atoms with van der Waals surface area (Å²) >= 11 is 0. The van der Waals surface area contributed by atoms with Gasteiger partial charge in [-0.2, -0.15) is 5.26 Å². The van der Waals surface area contributed by atoms with Crippen molar-refractivity contribution in [3.63, 3.8) is 0 Å². The van der Waals surface area contributed by atoms with Crippen LogP contribution in [-0.4, -0.2) is 18.5 Å². The van der Waals surface area contributed by atoms with Crippen LogP contribution < -0.4 is 5.32 Å². The van der Waals surface area contributed by atoms with Crippen LogP contribution in [-0.2, 0) is 16.0 Å². The lowest BCUT2D eigenvalue weighted by molar-refractivity contribution is -0.112. The molecule has 5 nitrogen and oxygen atoms in total. The summed E-state index contributed by atoms with van der Waals surface area (Å²) in [6, 6.07) is 15.9. The van der Waals surface area contributed by atoms with Crippen LogP contribution in [0.1, 0.15) is 35.3 Å². The topological polar surface area (TPSA) is 79.2 Å². The molecule has 0 atom stereocenters. The number of nitrogens with one attached hydrogen (secondary N) is 1. The zero-order valence-corrected chi connectivity index (χ0v) is 14.8. The molecule has 0 aliphatic carbocycles. The Morgan fingerprint density at radius 2 is 1.73 bits per heavy atom. The highest BCUT2D eigenvalue weighted by molar-refractivity contribution is 6.09. The fraction of sp³-hybridized carbons (Fsp3) is 0.190. The summed E-state index contributed by atoms with van der Waals surface area (Å²) in [4.78, 5) is 23.9. The van der Waals surface area contributed by atoms with E-state index in [1.165, 1.54) is 5.56 Å². The minimum absolute atomic E-state index is 0.00344. The molecule has 0 aliphatic heterocycles. The van der Waals surface area contributed by atoms with Gasteiger partial charge < -0.3 is 10.1 Å². The molecule has 0 aliphatic rings. The van der Waals surface area contributed by atoms with Gasteiger partial charge >= 0.3 is 5.97 Å². The minimum atomic E-state index is -0.504. The van der Waals surface area contributed by atoms with Crippen molar-refractivity contribution in [2.24, 2.45) is 0 Å². The second kappa shape index (κ2) is 9.19. The lowest BCUT2D eigenvalue weighted by atomic mass is 10.1. The number of rotatable bonds is 6. The van der Waals surface area contributed by atoms with E-state index in [9.17, 15) is 14.9 Å². The maximum Gasteiger partial charge on any atom is 0.338 e. The summed E-state index contributed by atoms with van der Waals surface area (Å²) in [6.45, 7) is 4.09. The quantitative estimate of drug-likeness (QED) is 0.487. The third-order valence-electron chi connectivity index (χ3n) is 3.72. The Hall–Kier alpha value is -3.39. The number of benzene rings is 2. The third kappa shape index (κ3) is 5.05. The van der Waals surface area contributed by atoms with E-state index in [4.69, 9.17) is 4.74 Å². The molecule has 0 saturated heterocycles. The molecule has 0 fully saturated rings. The van der Waals surface area contributed by atoms with Crippen LogP contribution in [0.15, 0.2) is 54.1 Å². The van der Waals surface area contributed by atoms with Gasteiger partial charge in [-0.3, -0.25) is 4.79 Å². The van der Waals surface area contributed by atoms with Crippen LogP contribution in [0.5, 0.6) is 0 Å². The third-order valence-corrected chi connectivity index (χ3v) is 3.72. The number of esters is 1. The Kier molecular flexibility index (Phi) is 6.69. The molecule has 2 rings (SSSR count). The SMILES string of the molecule is CCOC(=O)c1ccc(NC(=O)/C(C#N)=C\c2ccc(CC)cc2)cc1. The lowest BCUT2D eigenvalue weighted by Gasteiger charge is -2.06. The van der Waals surface area contributed by atoms with Gasteiger partial charge in [-0.25, -0.2) is 4.79 Å². The molecule has 0 unspecified atom stereocenters. The Morgan fingerprint density at radius 1 is 1.08 bits per heavy atom. The molecule has 2 aromatic carbocycles. The standard InChI is InChI=1S/C21H20N2O3/c1-3-15-5-7-16(8-6-15)13-18(14-22)20(24)23-19-11-9-17(10-12-19)21(25)26-4-2/h5-13H,3-4H2,1-2H3,(H,23,24)/b18-13-. The lowest BCUT2D eigenvalue weighted by Crippen LogP contribution is -2.13. The molecule has 0 saturated carbocycles. The molecule has 0 radical (unpaired) electrons. The number of nitriles is 1. The molecule has 0 aromatic heterocycles. The molecular weight excluding hydrogens is 328 g/mol. The summed E-state index contributed by atoms with van der Waals surface area (Å²) in [5.41, 5.74) is 2.87. The van der Waals surface area contributed by atoms with E-state index in [1.54, 1.807) is 37.3 Å². The van der Waals surface area contributed by atoms with Crippen molar-refractivity contribution in [3.8, 4) is 6.07 Å². The van der Waals surface area contributed by atoms with Gasteiger partial charge in [-0.15, -0.1) is 0 Å². The number of amides is 1.